The van der Waals surface area contributed by atoms with Gasteiger partial charge in [-0.25, -0.2) is 13.2 Å². The molecule has 1 fully saturated rings. The summed E-state index contributed by atoms with van der Waals surface area (Å²) in [4.78, 5) is 11.1. The SMILES string of the molecule is O=C(O)c1cc(Cl)ccc1NC1CCCS(=O)(=O)C1. The van der Waals surface area contributed by atoms with Gasteiger partial charge in [0, 0.05) is 16.8 Å². The van der Waals surface area contributed by atoms with Crippen molar-refractivity contribution in [2.45, 2.75) is 18.9 Å². The number of carbonyl (C=O) groups is 1. The van der Waals surface area contributed by atoms with Crippen molar-refractivity contribution in [1.82, 2.24) is 0 Å². The molecule has 0 radical (unpaired) electrons. The van der Waals surface area contributed by atoms with Crippen LogP contribution in [0.3, 0.4) is 0 Å². The summed E-state index contributed by atoms with van der Waals surface area (Å²) in [7, 11) is -3.03. The van der Waals surface area contributed by atoms with E-state index in [9.17, 15) is 13.2 Å². The molecule has 1 heterocycles. The second kappa shape index (κ2) is 5.38. The van der Waals surface area contributed by atoms with Gasteiger partial charge in [0.2, 0.25) is 0 Å². The molecule has 1 atom stereocenters. The maximum absolute atomic E-state index is 11.5. The van der Waals surface area contributed by atoms with Crippen molar-refractivity contribution in [2.75, 3.05) is 16.8 Å². The molecule has 1 unspecified atom stereocenters. The number of aromatic carboxylic acids is 1. The maximum Gasteiger partial charge on any atom is 0.337 e. The molecule has 0 spiro atoms. The first-order chi connectivity index (χ1) is 8.87. The Bertz CT molecular complexity index is 600. The van der Waals surface area contributed by atoms with E-state index in [1.807, 2.05) is 0 Å². The van der Waals surface area contributed by atoms with Crippen molar-refractivity contribution in [3.63, 3.8) is 0 Å². The van der Waals surface area contributed by atoms with E-state index in [2.05, 4.69) is 5.32 Å². The molecule has 0 aromatic heterocycles. The highest BCUT2D eigenvalue weighted by atomic mass is 35.5. The van der Waals surface area contributed by atoms with E-state index >= 15 is 0 Å². The van der Waals surface area contributed by atoms with Crippen molar-refractivity contribution < 1.29 is 18.3 Å². The van der Waals surface area contributed by atoms with Gasteiger partial charge in [-0.3, -0.25) is 0 Å². The summed E-state index contributed by atoms with van der Waals surface area (Å²) in [5.41, 5.74) is 0.453. The topological polar surface area (TPSA) is 83.5 Å². The Hall–Kier alpha value is -1.27. The van der Waals surface area contributed by atoms with Gasteiger partial charge in [-0.2, -0.15) is 0 Å². The fraction of sp³-hybridized carbons (Fsp3) is 0.417. The Morgan fingerprint density at radius 1 is 1.42 bits per heavy atom. The van der Waals surface area contributed by atoms with Crippen molar-refractivity contribution in [3.8, 4) is 0 Å². The molecule has 2 rings (SSSR count). The third kappa shape index (κ3) is 3.61. The number of carboxylic acid groups (broad SMARTS) is 1. The van der Waals surface area contributed by atoms with Crippen LogP contribution < -0.4 is 5.32 Å². The molecule has 0 saturated carbocycles. The second-order valence-electron chi connectivity index (χ2n) is 4.59. The lowest BCUT2D eigenvalue weighted by Crippen LogP contribution is -2.35. The van der Waals surface area contributed by atoms with Crippen LogP contribution in [0.4, 0.5) is 5.69 Å². The third-order valence-corrected chi connectivity index (χ3v) is 5.09. The molecule has 0 amide bonds. The molecule has 7 heteroatoms. The molecule has 1 aromatic rings. The minimum Gasteiger partial charge on any atom is -0.478 e. The van der Waals surface area contributed by atoms with Gasteiger partial charge in [0.25, 0.3) is 0 Å². The van der Waals surface area contributed by atoms with Gasteiger partial charge in [-0.05, 0) is 31.0 Å². The zero-order chi connectivity index (χ0) is 14.0. The maximum atomic E-state index is 11.5. The fourth-order valence-corrected chi connectivity index (χ4v) is 3.98. The number of carboxylic acids is 1. The number of nitrogens with one attached hydrogen (secondary N) is 1. The van der Waals surface area contributed by atoms with Crippen LogP contribution in [0.5, 0.6) is 0 Å². The fourth-order valence-electron chi connectivity index (χ4n) is 2.18. The van der Waals surface area contributed by atoms with E-state index in [0.717, 1.165) is 0 Å². The zero-order valence-electron chi connectivity index (χ0n) is 10.1. The van der Waals surface area contributed by atoms with Crippen LogP contribution in [0, 0.1) is 0 Å². The molecule has 5 nitrogen and oxygen atoms in total. The van der Waals surface area contributed by atoms with Gasteiger partial charge >= 0.3 is 5.97 Å². The van der Waals surface area contributed by atoms with E-state index in [4.69, 9.17) is 16.7 Å². The number of sulfone groups is 1. The molecule has 1 saturated heterocycles. The van der Waals surface area contributed by atoms with Gasteiger partial charge in [0.05, 0.1) is 17.1 Å². The van der Waals surface area contributed by atoms with Gasteiger partial charge in [-0.1, -0.05) is 11.6 Å². The molecule has 104 valence electrons. The minimum absolute atomic E-state index is 0.0364. The predicted octanol–water partition coefficient (Wildman–Crippen LogP) is 2.03. The number of benzene rings is 1. The molecule has 1 aromatic carbocycles. The molecular formula is C12H14ClNO4S. The summed E-state index contributed by atoms with van der Waals surface area (Å²) in [5.74, 6) is -0.851. The van der Waals surface area contributed by atoms with Crippen LogP contribution in [0.2, 0.25) is 5.02 Å². The Morgan fingerprint density at radius 3 is 2.79 bits per heavy atom. The summed E-state index contributed by atoms with van der Waals surface area (Å²) in [6.45, 7) is 0. The van der Waals surface area contributed by atoms with Crippen LogP contribution in [0.25, 0.3) is 0 Å². The largest absolute Gasteiger partial charge is 0.478 e. The first-order valence-corrected chi connectivity index (χ1v) is 8.07. The number of rotatable bonds is 3. The summed E-state index contributed by atoms with van der Waals surface area (Å²) in [6.07, 6.45) is 1.30. The molecule has 19 heavy (non-hydrogen) atoms. The van der Waals surface area contributed by atoms with Gasteiger partial charge < -0.3 is 10.4 Å². The summed E-state index contributed by atoms with van der Waals surface area (Å²) in [6, 6.07) is 4.24. The highest BCUT2D eigenvalue weighted by Crippen LogP contribution is 2.24. The third-order valence-electron chi connectivity index (χ3n) is 3.03. The summed E-state index contributed by atoms with van der Waals surface area (Å²) in [5, 5.41) is 12.4. The average molecular weight is 304 g/mol. The van der Waals surface area contributed by atoms with E-state index in [0.29, 0.717) is 23.6 Å². The molecule has 2 N–H and O–H groups in total. The number of halogens is 1. The van der Waals surface area contributed by atoms with Crippen LogP contribution >= 0.6 is 11.6 Å². The van der Waals surface area contributed by atoms with Crippen LogP contribution in [-0.2, 0) is 9.84 Å². The lowest BCUT2D eigenvalue weighted by molar-refractivity contribution is 0.0698. The van der Waals surface area contributed by atoms with Crippen LogP contribution in [-0.4, -0.2) is 37.0 Å². The summed E-state index contributed by atoms with van der Waals surface area (Å²) < 4.78 is 23.1. The quantitative estimate of drug-likeness (QED) is 0.892. The molecule has 1 aliphatic heterocycles. The van der Waals surface area contributed by atoms with Crippen molar-refractivity contribution in [2.24, 2.45) is 0 Å². The normalized spacial score (nSPS) is 21.8. The second-order valence-corrected chi connectivity index (χ2v) is 7.26. The van der Waals surface area contributed by atoms with Gasteiger partial charge in [0.15, 0.2) is 9.84 Å². The number of anilines is 1. The van der Waals surface area contributed by atoms with Gasteiger partial charge in [0.1, 0.15) is 0 Å². The average Bonchev–Trinajstić information content (AvgIpc) is 2.30. The number of hydrogen-bond donors (Lipinski definition) is 2. The monoisotopic (exact) mass is 303 g/mol. The number of hydrogen-bond acceptors (Lipinski definition) is 4. The van der Waals surface area contributed by atoms with Gasteiger partial charge in [-0.15, -0.1) is 0 Å². The first-order valence-electron chi connectivity index (χ1n) is 5.87. The molecular weight excluding hydrogens is 290 g/mol. The van der Waals surface area contributed by atoms with Crippen molar-refractivity contribution in [3.05, 3.63) is 28.8 Å². The van der Waals surface area contributed by atoms with E-state index < -0.39 is 15.8 Å². The molecule has 1 aliphatic rings. The van der Waals surface area contributed by atoms with Crippen LogP contribution in [0.15, 0.2) is 18.2 Å². The molecule has 0 bridgehead atoms. The van der Waals surface area contributed by atoms with Crippen molar-refractivity contribution >= 4 is 33.1 Å². The lowest BCUT2D eigenvalue weighted by Gasteiger charge is -2.24. The van der Waals surface area contributed by atoms with E-state index in [1.165, 1.54) is 6.07 Å². The highest BCUT2D eigenvalue weighted by molar-refractivity contribution is 7.91. The Balaban J connectivity index is 2.21. The zero-order valence-corrected chi connectivity index (χ0v) is 11.7. The van der Waals surface area contributed by atoms with Crippen molar-refractivity contribution in [1.29, 1.82) is 0 Å². The molecule has 0 aliphatic carbocycles. The van der Waals surface area contributed by atoms with E-state index in [1.54, 1.807) is 12.1 Å². The smallest absolute Gasteiger partial charge is 0.337 e. The minimum atomic E-state index is -3.03. The Kier molecular flexibility index (Phi) is 4.01. The van der Waals surface area contributed by atoms with E-state index in [-0.39, 0.29) is 23.1 Å². The highest BCUT2D eigenvalue weighted by Gasteiger charge is 2.25. The van der Waals surface area contributed by atoms with Crippen LogP contribution in [0.1, 0.15) is 23.2 Å². The lowest BCUT2D eigenvalue weighted by atomic mass is 10.1. The Labute approximate surface area is 116 Å². The first kappa shape index (κ1) is 14.1. The predicted molar refractivity (Wildman–Crippen MR) is 73.7 cm³/mol. The standard InChI is InChI=1S/C12H14ClNO4S/c13-8-3-4-11(10(6-8)12(15)16)14-9-2-1-5-19(17,18)7-9/h3-4,6,9,14H,1-2,5,7H2,(H,15,16). The summed E-state index contributed by atoms with van der Waals surface area (Å²) >= 11 is 5.76. The Morgan fingerprint density at radius 2 is 2.16 bits per heavy atom.